The normalized spacial score (nSPS) is 15.3. The number of aryl methyl sites for hydroxylation is 1. The monoisotopic (exact) mass is 648 g/mol. The van der Waals surface area contributed by atoms with Gasteiger partial charge in [0.25, 0.3) is 5.91 Å². The second-order valence-electron chi connectivity index (χ2n) is 12.2. The highest BCUT2D eigenvalue weighted by molar-refractivity contribution is 5.93. The smallest absolute Gasteiger partial charge is 0.271 e. The van der Waals surface area contributed by atoms with Crippen molar-refractivity contribution in [3.05, 3.63) is 119 Å². The van der Waals surface area contributed by atoms with Gasteiger partial charge in [0, 0.05) is 44.3 Å². The summed E-state index contributed by atoms with van der Waals surface area (Å²) in [4.78, 5) is 23.6. The van der Waals surface area contributed by atoms with Crippen LogP contribution in [0.1, 0.15) is 75.6 Å². The van der Waals surface area contributed by atoms with Crippen molar-refractivity contribution < 1.29 is 9.53 Å². The van der Waals surface area contributed by atoms with E-state index in [1.807, 2.05) is 78.9 Å². The van der Waals surface area contributed by atoms with Crippen LogP contribution in [0.4, 0.5) is 0 Å². The second-order valence-corrected chi connectivity index (χ2v) is 12.2. The largest absolute Gasteiger partial charge is 0.457 e. The van der Waals surface area contributed by atoms with E-state index in [0.717, 1.165) is 56.0 Å². The van der Waals surface area contributed by atoms with Crippen molar-refractivity contribution in [3.8, 4) is 11.5 Å². The average Bonchev–Trinajstić information content (AvgIpc) is 3.95. The number of carbonyl (C=O) groups excluding carboxylic acids is 1. The van der Waals surface area contributed by atoms with Crippen LogP contribution in [-0.4, -0.2) is 55.4 Å². The van der Waals surface area contributed by atoms with Gasteiger partial charge in [0.2, 0.25) is 0 Å². The van der Waals surface area contributed by atoms with Gasteiger partial charge in [-0.3, -0.25) is 14.8 Å². The molecule has 1 unspecified atom stereocenters. The van der Waals surface area contributed by atoms with E-state index in [0.29, 0.717) is 12.2 Å². The number of benzene rings is 2. The topological polar surface area (TPSA) is 90.9 Å². The van der Waals surface area contributed by atoms with E-state index in [4.69, 9.17) is 4.74 Å². The van der Waals surface area contributed by atoms with Crippen LogP contribution in [-0.2, 0) is 11.2 Å². The first kappa shape index (κ1) is 36.2. The molecule has 3 aromatic rings. The molecule has 2 aromatic carbocycles. The summed E-state index contributed by atoms with van der Waals surface area (Å²) in [6, 6.07) is 19.7. The van der Waals surface area contributed by atoms with E-state index in [-0.39, 0.29) is 11.9 Å². The van der Waals surface area contributed by atoms with E-state index in [2.05, 4.69) is 64.9 Å². The Bertz CT molecular complexity index is 1530. The minimum Gasteiger partial charge on any atom is -0.457 e. The van der Waals surface area contributed by atoms with E-state index < -0.39 is 0 Å². The number of hydrogen-bond donors (Lipinski definition) is 3. The molecule has 254 valence electrons. The number of allylic oxidation sites excluding steroid dienone is 1. The van der Waals surface area contributed by atoms with E-state index >= 15 is 0 Å². The number of aliphatic imine (C=N–C) groups is 1. The molecule has 1 aromatic heterocycles. The highest BCUT2D eigenvalue weighted by atomic mass is 16.5. The van der Waals surface area contributed by atoms with Crippen molar-refractivity contribution >= 4 is 18.3 Å². The molecule has 2 aliphatic rings. The molecule has 8 nitrogen and oxygen atoms in total. The van der Waals surface area contributed by atoms with Gasteiger partial charge >= 0.3 is 0 Å². The van der Waals surface area contributed by atoms with Crippen molar-refractivity contribution in [1.82, 2.24) is 25.8 Å². The van der Waals surface area contributed by atoms with Gasteiger partial charge in [-0.2, -0.15) is 0 Å². The van der Waals surface area contributed by atoms with E-state index in [1.54, 1.807) is 12.5 Å². The van der Waals surface area contributed by atoms with Crippen LogP contribution in [0, 0.1) is 0 Å². The average molecular weight is 649 g/mol. The molecule has 2 fully saturated rings. The molecule has 48 heavy (non-hydrogen) atoms. The van der Waals surface area contributed by atoms with Crippen LogP contribution in [0.3, 0.4) is 0 Å². The number of pyridine rings is 1. The number of amides is 1. The Kier molecular flexibility index (Phi) is 15.0. The van der Waals surface area contributed by atoms with E-state index in [1.165, 1.54) is 41.5 Å². The third-order valence-electron chi connectivity index (χ3n) is 8.21. The van der Waals surface area contributed by atoms with Gasteiger partial charge in [-0.05, 0) is 106 Å². The summed E-state index contributed by atoms with van der Waals surface area (Å²) in [5.74, 6) is 1.61. The highest BCUT2D eigenvalue weighted by Gasteiger charge is 2.22. The third-order valence-corrected chi connectivity index (χ3v) is 8.21. The molecule has 0 bridgehead atoms. The molecule has 1 saturated heterocycles. The first-order valence-electron chi connectivity index (χ1n) is 17.2. The SMILES string of the molecule is CC(N/C(=C/NC=NCC=C1CC1)C(=O)N1CCCCC1)c1ccc(Oc2ccccc2)cc1.CCc1ccncc1/C=C(\C)CNC. The zero-order chi connectivity index (χ0) is 34.0. The predicted molar refractivity (Wildman–Crippen MR) is 198 cm³/mol. The number of ether oxygens (including phenoxy) is 1. The number of para-hydroxylation sites is 1. The molecule has 1 aliphatic carbocycles. The lowest BCUT2D eigenvalue weighted by atomic mass is 10.1. The maximum atomic E-state index is 13.2. The van der Waals surface area contributed by atoms with Gasteiger partial charge in [-0.1, -0.05) is 60.6 Å². The fraction of sp³-hybridized carbons (Fsp3) is 0.375. The molecular formula is C40H52N6O2. The lowest BCUT2D eigenvalue weighted by Crippen LogP contribution is -2.40. The highest BCUT2D eigenvalue weighted by Crippen LogP contribution is 2.27. The first-order chi connectivity index (χ1) is 23.5. The fourth-order valence-electron chi connectivity index (χ4n) is 5.37. The van der Waals surface area contributed by atoms with Crippen molar-refractivity contribution in [2.24, 2.45) is 4.99 Å². The summed E-state index contributed by atoms with van der Waals surface area (Å²) in [7, 11) is 1.96. The summed E-state index contributed by atoms with van der Waals surface area (Å²) in [5.41, 5.74) is 7.02. The summed E-state index contributed by atoms with van der Waals surface area (Å²) >= 11 is 0. The van der Waals surface area contributed by atoms with Crippen LogP contribution in [0.15, 0.2) is 107 Å². The van der Waals surface area contributed by atoms with Gasteiger partial charge in [0.05, 0.1) is 12.9 Å². The molecule has 1 saturated carbocycles. The van der Waals surface area contributed by atoms with Crippen molar-refractivity contribution in [3.63, 3.8) is 0 Å². The van der Waals surface area contributed by atoms with Gasteiger partial charge in [-0.15, -0.1) is 0 Å². The third kappa shape index (κ3) is 12.5. The molecule has 3 N–H and O–H groups in total. The molecule has 2 heterocycles. The van der Waals surface area contributed by atoms with Gasteiger partial charge < -0.3 is 25.6 Å². The number of rotatable bonds is 14. The molecule has 5 rings (SSSR count). The molecule has 1 amide bonds. The number of likely N-dealkylation sites (tertiary alicyclic amines) is 1. The van der Waals surface area contributed by atoms with Crippen molar-refractivity contribution in [2.45, 2.75) is 65.3 Å². The van der Waals surface area contributed by atoms with Crippen LogP contribution >= 0.6 is 0 Å². The predicted octanol–water partition coefficient (Wildman–Crippen LogP) is 7.59. The number of aromatic nitrogens is 1. The van der Waals surface area contributed by atoms with Crippen LogP contribution in [0.25, 0.3) is 6.08 Å². The lowest BCUT2D eigenvalue weighted by molar-refractivity contribution is -0.128. The van der Waals surface area contributed by atoms with Gasteiger partial charge in [0.15, 0.2) is 0 Å². The van der Waals surface area contributed by atoms with Gasteiger partial charge in [-0.25, -0.2) is 0 Å². The number of carbonyl (C=O) groups is 1. The first-order valence-corrected chi connectivity index (χ1v) is 17.2. The maximum Gasteiger partial charge on any atom is 0.271 e. The molecular weight excluding hydrogens is 596 g/mol. The summed E-state index contributed by atoms with van der Waals surface area (Å²) in [6.07, 6.45) is 18.3. The number of nitrogens with one attached hydrogen (secondary N) is 3. The van der Waals surface area contributed by atoms with Crippen LogP contribution in [0.5, 0.6) is 11.5 Å². The Morgan fingerprint density at radius 2 is 1.75 bits per heavy atom. The Balaban J connectivity index is 0.000000312. The summed E-state index contributed by atoms with van der Waals surface area (Å²) < 4.78 is 5.89. The van der Waals surface area contributed by atoms with Crippen LogP contribution < -0.4 is 20.7 Å². The minimum atomic E-state index is -0.0518. The molecule has 1 aliphatic heterocycles. The van der Waals surface area contributed by atoms with Crippen molar-refractivity contribution in [1.29, 1.82) is 0 Å². The van der Waals surface area contributed by atoms with Crippen LogP contribution in [0.2, 0.25) is 0 Å². The zero-order valence-electron chi connectivity index (χ0n) is 29.0. The number of likely N-dealkylation sites (N-methyl/N-ethyl adjacent to an activating group) is 1. The zero-order valence-corrected chi connectivity index (χ0v) is 29.0. The quantitative estimate of drug-likeness (QED) is 0.0723. The second kappa shape index (κ2) is 19.9. The molecule has 0 spiro atoms. The van der Waals surface area contributed by atoms with E-state index in [9.17, 15) is 4.79 Å². The van der Waals surface area contributed by atoms with Crippen molar-refractivity contribution in [2.75, 3.05) is 33.2 Å². The lowest BCUT2D eigenvalue weighted by Gasteiger charge is -2.29. The summed E-state index contributed by atoms with van der Waals surface area (Å²) in [6.45, 7) is 9.56. The standard InChI is InChI=1S/C28H34N4O2.C12H18N2/c1-22(24-12-14-26(15-13-24)34-25-8-4-2-5-9-25)31-27(28(33)32-18-6-3-7-19-32)20-30-21-29-17-16-23-10-11-23;1-4-11-5-6-14-9-12(11)7-10(2)8-13-3/h2,4-5,8-9,12-16,20-22,31H,3,6-7,10-11,17-19H2,1H3,(H,29,30);5-7,9,13H,4,8H2,1-3H3/b27-20+;10-7+. The minimum absolute atomic E-state index is 0.0246. The number of nitrogens with zero attached hydrogens (tertiary/aromatic N) is 3. The summed E-state index contributed by atoms with van der Waals surface area (Å²) in [5, 5.41) is 9.63. The number of piperidine rings is 1. The van der Waals surface area contributed by atoms with Gasteiger partial charge in [0.1, 0.15) is 17.2 Å². The fourth-order valence-corrected chi connectivity index (χ4v) is 5.37. The molecule has 0 radical (unpaired) electrons. The Hall–Kier alpha value is -4.69. The Labute approximate surface area is 287 Å². The molecule has 1 atom stereocenters. The number of hydrogen-bond acceptors (Lipinski definition) is 6. The Morgan fingerprint density at radius 1 is 1.02 bits per heavy atom. The Morgan fingerprint density at radius 3 is 2.44 bits per heavy atom. The molecule has 8 heteroatoms. The maximum absolute atomic E-state index is 13.2.